The smallest absolute Gasteiger partial charge is 0.372 e. The van der Waals surface area contributed by atoms with Gasteiger partial charge < -0.3 is 28.0 Å². The number of aromatic nitrogens is 9. The van der Waals surface area contributed by atoms with Gasteiger partial charge in [-0.25, -0.2) is 47.6 Å². The van der Waals surface area contributed by atoms with Crippen LogP contribution in [0.3, 0.4) is 0 Å². The lowest BCUT2D eigenvalue weighted by atomic mass is 9.84. The predicted molar refractivity (Wildman–Crippen MR) is 552 cm³/mol. The van der Waals surface area contributed by atoms with Crippen LogP contribution in [0.2, 0.25) is 0 Å². The predicted octanol–water partition coefficient (Wildman–Crippen LogP) is 27.9. The number of aryl methyl sites for hydroxylation is 8. The van der Waals surface area contributed by atoms with Crippen LogP contribution in [0.1, 0.15) is 240 Å². The molecule has 0 saturated carbocycles. The fourth-order valence-electron chi connectivity index (χ4n) is 23.6. The molecule has 134 heavy (non-hydrogen) atoms. The number of nitrogens with zero attached hydrogens (tertiary/aromatic N) is 15. The molecule has 0 unspecified atom stereocenters. The summed E-state index contributed by atoms with van der Waals surface area (Å²) >= 11 is 0. The van der Waals surface area contributed by atoms with E-state index < -0.39 is 11.1 Å². The van der Waals surface area contributed by atoms with Gasteiger partial charge in [0, 0.05) is 56.3 Å². The summed E-state index contributed by atoms with van der Waals surface area (Å²) in [6, 6.07) is 75.1. The normalized spacial score (nSPS) is 15.4. The Bertz CT molecular complexity index is 7630. The first kappa shape index (κ1) is 89.7. The maximum atomic E-state index is 6.40. The Kier molecular flexibility index (Phi) is 22.3. The van der Waals surface area contributed by atoms with Crippen molar-refractivity contribution in [1.29, 1.82) is 0 Å². The Morgan fingerprint density at radius 1 is 0.373 bits per heavy atom. The summed E-state index contributed by atoms with van der Waals surface area (Å²) in [5, 5.41) is 6.66. The van der Waals surface area contributed by atoms with E-state index in [1.165, 1.54) is 124 Å². The van der Waals surface area contributed by atoms with Gasteiger partial charge in [0.15, 0.2) is 18.5 Å². The molecule has 3 aliphatic heterocycles. The van der Waals surface area contributed by atoms with E-state index in [0.29, 0.717) is 46.9 Å². The maximum Gasteiger partial charge on any atom is 0.372 e. The van der Waals surface area contributed by atoms with Crippen molar-refractivity contribution in [1.82, 2.24) is 28.7 Å². The van der Waals surface area contributed by atoms with Crippen molar-refractivity contribution in [2.75, 3.05) is 29.4 Å². The molecule has 686 valence electrons. The van der Waals surface area contributed by atoms with Gasteiger partial charge >= 0.3 is 11.9 Å². The number of pyridine rings is 3. The molecule has 0 radical (unpaired) electrons. The van der Waals surface area contributed by atoms with Crippen molar-refractivity contribution < 1.29 is 27.0 Å². The summed E-state index contributed by atoms with van der Waals surface area (Å²) in [7, 11) is 6.56. The SMILES string of the molecule is Cc1ccc2c(n1)oc1ccc(C)c(C(C)(C)N3c4ccccc4N(c4c[n+](C(C)C)c(C)n4C)[C@H]3C)c12.Cc1ccc2c(n1)oc1ccc(C)c(C(C)(C)N3c4ccccc4N(c4n(-c5c(C(C)C)cccc5C(C)C)c5ccccc5[n+]4C)[C@H]3C)c12.Cc1ccc2c(n1)oc1ccc(C)c(C(C)(C)N3c4ccccc4N(c4n(-c5c(C(C)C)cccc5C(C)C)cc[n+]4C)[C@H]3C)c12. The average Bonchev–Trinajstić information content (AvgIpc) is 1.54. The van der Waals surface area contributed by atoms with Crippen LogP contribution < -0.4 is 43.1 Å². The number of fused-ring (bicyclic) bond motifs is 13. The zero-order chi connectivity index (χ0) is 95.0. The topological polar surface area (TPSA) is 124 Å². The molecule has 12 heterocycles. The third-order valence-corrected chi connectivity index (χ3v) is 29.4. The monoisotopic (exact) mass is 1780 g/mol. The molecule has 0 N–H and O–H groups in total. The molecule has 9 aromatic heterocycles. The second-order valence-corrected chi connectivity index (χ2v) is 40.9. The lowest BCUT2D eigenvalue weighted by Crippen LogP contribution is -2.51. The lowest BCUT2D eigenvalue weighted by molar-refractivity contribution is -0.721. The minimum Gasteiger partial charge on any atom is -0.438 e. The summed E-state index contributed by atoms with van der Waals surface area (Å²) < 4.78 is 33.4. The van der Waals surface area contributed by atoms with E-state index in [-0.39, 0.29) is 24.0 Å². The molecule has 9 aromatic carbocycles. The van der Waals surface area contributed by atoms with Crippen LogP contribution in [0.15, 0.2) is 238 Å². The van der Waals surface area contributed by atoms with E-state index >= 15 is 0 Å². The Morgan fingerprint density at radius 3 is 1.09 bits per heavy atom. The Morgan fingerprint density at radius 2 is 0.716 bits per heavy atom. The Balaban J connectivity index is 0.000000131. The molecule has 3 atom stereocenters. The van der Waals surface area contributed by atoms with E-state index in [2.05, 4.69) is 462 Å². The van der Waals surface area contributed by atoms with Gasteiger partial charge in [-0.3, -0.25) is 4.90 Å². The van der Waals surface area contributed by atoms with Crippen molar-refractivity contribution in [3.05, 3.63) is 303 Å². The third-order valence-electron chi connectivity index (χ3n) is 29.4. The Hall–Kier alpha value is -13.5. The number of rotatable bonds is 16. The van der Waals surface area contributed by atoms with Gasteiger partial charge in [0.25, 0.3) is 5.82 Å². The van der Waals surface area contributed by atoms with E-state index in [1.807, 2.05) is 20.8 Å². The van der Waals surface area contributed by atoms with E-state index in [9.17, 15) is 0 Å². The summed E-state index contributed by atoms with van der Waals surface area (Å²) in [5.74, 6) is 6.20. The van der Waals surface area contributed by atoms with Crippen LogP contribution in [0.25, 0.3) is 88.6 Å². The van der Waals surface area contributed by atoms with Gasteiger partial charge in [-0.2, -0.15) is 4.57 Å². The molecule has 21 rings (SSSR count). The first-order valence-electron chi connectivity index (χ1n) is 48.2. The van der Waals surface area contributed by atoms with E-state index in [0.717, 1.165) is 78.0 Å². The second kappa shape index (κ2) is 33.3. The van der Waals surface area contributed by atoms with Crippen LogP contribution in [-0.2, 0) is 37.8 Å². The van der Waals surface area contributed by atoms with Crippen LogP contribution >= 0.6 is 0 Å². The first-order valence-corrected chi connectivity index (χ1v) is 48.2. The molecule has 18 heteroatoms. The van der Waals surface area contributed by atoms with Crippen molar-refractivity contribution in [3.8, 4) is 11.4 Å². The first-order chi connectivity index (χ1) is 63.8. The quantitative estimate of drug-likeness (QED) is 0.0856. The van der Waals surface area contributed by atoms with Gasteiger partial charge in [0.05, 0.1) is 72.7 Å². The Labute approximate surface area is 790 Å². The summed E-state index contributed by atoms with van der Waals surface area (Å²) in [6.07, 6.45) is 6.80. The fourth-order valence-corrected chi connectivity index (χ4v) is 23.6. The number of anilines is 9. The molecule has 0 spiro atoms. The second-order valence-electron chi connectivity index (χ2n) is 40.9. The zero-order valence-corrected chi connectivity index (χ0v) is 83.9. The van der Waals surface area contributed by atoms with E-state index in [4.69, 9.17) is 28.2 Å². The van der Waals surface area contributed by atoms with Gasteiger partial charge in [-0.1, -0.05) is 159 Å². The van der Waals surface area contributed by atoms with Crippen LogP contribution in [0.4, 0.5) is 51.8 Å². The standard InChI is InChI=1S/C44H48N5O.C40H46N5O.C32H38N5O/c1-26(2)31-16-15-17-32(27(3)4)41(31)48-35-19-12-11-18-34(35)46(10)43(48)47-30(7)49(37-21-14-13-20-36(37)47)44(8,9)40-28(5)22-25-38-39(40)33-24-23-29(6)45-42(33)50-38;1-24(2)29-14-13-15-30(25(3)4)37(29)43-23-22-42(10)39(43)44-28(7)45(33-17-12-11-16-32(33)44)40(8,9)36-26(5)18-21-34-35(36)31-20-19-27(6)41-38(31)46-34;1-19(2)35-18-28(34(9)22(35)5)36-23(6)37(26-13-11-10-12-25(26)36)32(7,8)30-20(3)14-17-27-29(30)24-16-15-21(4)33-31(24)38-27/h11-27,30H,1-10H3;11-25,28H,1-10H3;10-19,23H,1-9H3/q3*+1/t30-;28-;23-/m111/s1. The van der Waals surface area contributed by atoms with Crippen molar-refractivity contribution in [2.24, 2.45) is 21.1 Å². The minimum atomic E-state index is -0.427. The van der Waals surface area contributed by atoms with Crippen LogP contribution in [-0.4, -0.2) is 47.2 Å². The van der Waals surface area contributed by atoms with Gasteiger partial charge in [0.2, 0.25) is 23.0 Å². The van der Waals surface area contributed by atoms with Crippen molar-refractivity contribution >= 4 is 129 Å². The fraction of sp³-hybridized carbons (Fsp3) is 0.345. The maximum absolute atomic E-state index is 6.40. The molecule has 0 saturated heterocycles. The van der Waals surface area contributed by atoms with Gasteiger partial charge in [0.1, 0.15) is 62.9 Å². The minimum absolute atomic E-state index is 0.00848. The average molecular weight is 1780 g/mol. The van der Waals surface area contributed by atoms with Gasteiger partial charge in [-0.15, -0.1) is 0 Å². The number of hydrogen-bond donors (Lipinski definition) is 0. The molecule has 3 aliphatic rings. The number of benzene rings is 9. The van der Waals surface area contributed by atoms with Crippen molar-refractivity contribution in [2.45, 2.75) is 245 Å². The number of imidazole rings is 3. The molecule has 0 amide bonds. The molecule has 0 aliphatic carbocycles. The van der Waals surface area contributed by atoms with E-state index in [1.54, 1.807) is 0 Å². The molecule has 0 bridgehead atoms. The number of para-hydroxylation sites is 10. The molecular weight excluding hydrogens is 1650 g/mol. The van der Waals surface area contributed by atoms with Crippen molar-refractivity contribution in [3.63, 3.8) is 0 Å². The highest BCUT2D eigenvalue weighted by atomic mass is 16.3. The molecule has 0 fully saturated rings. The molecule has 18 nitrogen and oxygen atoms in total. The third kappa shape index (κ3) is 14.0. The summed E-state index contributed by atoms with van der Waals surface area (Å²) in [4.78, 5) is 29.6. The zero-order valence-electron chi connectivity index (χ0n) is 83.9. The van der Waals surface area contributed by atoms with Crippen LogP contribution in [0, 0.1) is 48.5 Å². The number of hydrogen-bond acceptors (Lipinski definition) is 12. The highest BCUT2D eigenvalue weighted by molar-refractivity contribution is 6.09. The highest BCUT2D eigenvalue weighted by Crippen LogP contribution is 2.57. The number of furan rings is 3. The largest absolute Gasteiger partial charge is 0.438 e. The van der Waals surface area contributed by atoms with Crippen LogP contribution in [0.5, 0.6) is 0 Å². The molecule has 18 aromatic rings. The van der Waals surface area contributed by atoms with Gasteiger partial charge in [-0.05, 0) is 300 Å². The molecular formula is C116H132N15O3+3. The summed E-state index contributed by atoms with van der Waals surface area (Å²) in [5.41, 5.74) is 31.7. The lowest BCUT2D eigenvalue weighted by Gasteiger charge is -2.43. The highest BCUT2D eigenvalue weighted by Gasteiger charge is 2.53. The summed E-state index contributed by atoms with van der Waals surface area (Å²) in [6.45, 7) is 59.0.